The number of halogens is 1. The van der Waals surface area contributed by atoms with E-state index < -0.39 is 0 Å². The smallest absolute Gasteiger partial charge is 0.270 e. The molecule has 1 heterocycles. The second-order valence-electron chi connectivity index (χ2n) is 6.13. The van der Waals surface area contributed by atoms with Gasteiger partial charge in [0.2, 0.25) is 5.95 Å². The Morgan fingerprint density at radius 3 is 2.58 bits per heavy atom. The number of rotatable bonds is 7. The Kier molecular flexibility index (Phi) is 6.23. The van der Waals surface area contributed by atoms with Gasteiger partial charge in [0.1, 0.15) is 11.5 Å². The Morgan fingerprint density at radius 2 is 1.92 bits per heavy atom. The second-order valence-corrected chi connectivity index (χ2v) is 6.13. The largest absolute Gasteiger partial charge is 0.354 e. The van der Waals surface area contributed by atoms with Crippen molar-refractivity contribution in [3.05, 3.63) is 53.1 Å². The quantitative estimate of drug-likeness (QED) is 0.819. The van der Waals surface area contributed by atoms with Crippen LogP contribution >= 0.6 is 0 Å². The molecule has 0 spiro atoms. The van der Waals surface area contributed by atoms with Crippen molar-refractivity contribution in [2.75, 3.05) is 18.4 Å². The number of carbonyl (C=O) groups excluding carboxylic acids is 1. The van der Waals surface area contributed by atoms with Crippen molar-refractivity contribution in [1.29, 1.82) is 0 Å². The van der Waals surface area contributed by atoms with Crippen molar-refractivity contribution in [1.82, 2.24) is 15.3 Å². The van der Waals surface area contributed by atoms with Crippen LogP contribution in [-0.4, -0.2) is 29.0 Å². The normalized spacial score (nSPS) is 10.7. The summed E-state index contributed by atoms with van der Waals surface area (Å²) in [5.74, 6) is 0.360. The lowest BCUT2D eigenvalue weighted by Gasteiger charge is -2.10. The molecule has 6 heteroatoms. The summed E-state index contributed by atoms with van der Waals surface area (Å²) in [4.78, 5) is 20.7. The Morgan fingerprint density at radius 1 is 1.21 bits per heavy atom. The van der Waals surface area contributed by atoms with E-state index in [0.29, 0.717) is 37.1 Å². The summed E-state index contributed by atoms with van der Waals surface area (Å²) < 4.78 is 12.9. The number of benzene rings is 1. The molecule has 128 valence electrons. The van der Waals surface area contributed by atoms with Crippen molar-refractivity contribution in [2.24, 2.45) is 5.92 Å². The molecule has 5 nitrogen and oxygen atoms in total. The predicted molar refractivity (Wildman–Crippen MR) is 92.5 cm³/mol. The molecule has 0 unspecified atom stereocenters. The van der Waals surface area contributed by atoms with Gasteiger partial charge in [-0.2, -0.15) is 0 Å². The minimum Gasteiger partial charge on any atom is -0.354 e. The second kappa shape index (κ2) is 8.38. The zero-order valence-electron chi connectivity index (χ0n) is 14.3. The van der Waals surface area contributed by atoms with Crippen LogP contribution in [-0.2, 0) is 6.42 Å². The third-order valence-electron chi connectivity index (χ3n) is 3.37. The highest BCUT2D eigenvalue weighted by Gasteiger charge is 2.10. The number of hydrogen-bond donors (Lipinski definition) is 2. The molecule has 0 aliphatic heterocycles. The zero-order valence-corrected chi connectivity index (χ0v) is 14.3. The van der Waals surface area contributed by atoms with Gasteiger partial charge < -0.3 is 10.6 Å². The minimum atomic E-state index is -0.245. The highest BCUT2D eigenvalue weighted by atomic mass is 19.1. The summed E-state index contributed by atoms with van der Waals surface area (Å²) in [6.45, 7) is 7.10. The molecule has 1 aromatic carbocycles. The van der Waals surface area contributed by atoms with Gasteiger partial charge in [0, 0.05) is 18.8 Å². The number of nitrogens with zero attached hydrogens (tertiary/aromatic N) is 2. The Hall–Kier alpha value is -2.50. The van der Waals surface area contributed by atoms with E-state index in [4.69, 9.17) is 0 Å². The van der Waals surface area contributed by atoms with Crippen LogP contribution < -0.4 is 10.6 Å². The van der Waals surface area contributed by atoms with Gasteiger partial charge in [-0.3, -0.25) is 4.79 Å². The van der Waals surface area contributed by atoms with Crippen molar-refractivity contribution < 1.29 is 9.18 Å². The van der Waals surface area contributed by atoms with Gasteiger partial charge in [-0.1, -0.05) is 26.0 Å². The van der Waals surface area contributed by atoms with Gasteiger partial charge >= 0.3 is 0 Å². The molecule has 0 aliphatic carbocycles. The van der Waals surface area contributed by atoms with Crippen LogP contribution in [0.5, 0.6) is 0 Å². The first-order chi connectivity index (χ1) is 11.4. The summed E-state index contributed by atoms with van der Waals surface area (Å²) in [5, 5.41) is 5.96. The van der Waals surface area contributed by atoms with Gasteiger partial charge in [0.05, 0.1) is 0 Å². The molecule has 0 radical (unpaired) electrons. The van der Waals surface area contributed by atoms with Crippen LogP contribution in [0.25, 0.3) is 0 Å². The fourth-order valence-corrected chi connectivity index (χ4v) is 2.12. The van der Waals surface area contributed by atoms with E-state index in [0.717, 1.165) is 11.3 Å². The van der Waals surface area contributed by atoms with Crippen molar-refractivity contribution in [3.8, 4) is 0 Å². The van der Waals surface area contributed by atoms with Gasteiger partial charge in [-0.15, -0.1) is 0 Å². The summed E-state index contributed by atoms with van der Waals surface area (Å²) in [5.41, 5.74) is 2.10. The number of carbonyl (C=O) groups is 1. The van der Waals surface area contributed by atoms with E-state index in [1.807, 2.05) is 20.8 Å². The number of aromatic nitrogens is 2. The maximum Gasteiger partial charge on any atom is 0.270 e. The Balaban J connectivity index is 1.95. The summed E-state index contributed by atoms with van der Waals surface area (Å²) >= 11 is 0. The van der Waals surface area contributed by atoms with Crippen LogP contribution in [0.1, 0.15) is 35.6 Å². The van der Waals surface area contributed by atoms with Gasteiger partial charge in [-0.25, -0.2) is 14.4 Å². The monoisotopic (exact) mass is 330 g/mol. The lowest BCUT2D eigenvalue weighted by Crippen LogP contribution is -2.28. The van der Waals surface area contributed by atoms with E-state index in [9.17, 15) is 9.18 Å². The number of amides is 1. The highest BCUT2D eigenvalue weighted by molar-refractivity contribution is 5.92. The van der Waals surface area contributed by atoms with Crippen LogP contribution in [0.2, 0.25) is 0 Å². The SMILES string of the molecule is Cc1cc(C(=O)NCC(C)C)nc(NCCc2ccc(F)cc2)n1. The topological polar surface area (TPSA) is 66.9 Å². The molecule has 0 fully saturated rings. The molecule has 24 heavy (non-hydrogen) atoms. The zero-order chi connectivity index (χ0) is 17.5. The Labute approximate surface area is 141 Å². The molecule has 2 N–H and O–H groups in total. The summed E-state index contributed by atoms with van der Waals surface area (Å²) in [7, 11) is 0. The van der Waals surface area contributed by atoms with E-state index in [2.05, 4.69) is 20.6 Å². The lowest BCUT2D eigenvalue weighted by molar-refractivity contribution is 0.0944. The fraction of sp³-hybridized carbons (Fsp3) is 0.389. The first kappa shape index (κ1) is 17.8. The van der Waals surface area contributed by atoms with Gasteiger partial charge in [0.25, 0.3) is 5.91 Å². The first-order valence-corrected chi connectivity index (χ1v) is 8.06. The average Bonchev–Trinajstić information content (AvgIpc) is 2.54. The van der Waals surface area contributed by atoms with Crippen LogP contribution in [0.3, 0.4) is 0 Å². The summed E-state index contributed by atoms with van der Waals surface area (Å²) in [6, 6.07) is 8.05. The standard InChI is InChI=1S/C18H23FN4O/c1-12(2)11-21-17(24)16-10-13(3)22-18(23-16)20-9-8-14-4-6-15(19)7-5-14/h4-7,10,12H,8-9,11H2,1-3H3,(H,21,24)(H,20,22,23). The predicted octanol–water partition coefficient (Wildman–Crippen LogP) is 2.96. The molecule has 2 aromatic rings. The van der Waals surface area contributed by atoms with Crippen molar-refractivity contribution in [2.45, 2.75) is 27.2 Å². The molecule has 2 rings (SSSR count). The number of anilines is 1. The number of aryl methyl sites for hydroxylation is 1. The van der Waals surface area contributed by atoms with Crippen LogP contribution in [0.4, 0.5) is 10.3 Å². The molecule has 1 amide bonds. The van der Waals surface area contributed by atoms with Crippen molar-refractivity contribution in [3.63, 3.8) is 0 Å². The van der Waals surface area contributed by atoms with E-state index >= 15 is 0 Å². The fourth-order valence-electron chi connectivity index (χ4n) is 2.12. The molecule has 1 aromatic heterocycles. The minimum absolute atomic E-state index is 0.198. The molecular weight excluding hydrogens is 307 g/mol. The molecule has 0 bridgehead atoms. The number of nitrogens with one attached hydrogen (secondary N) is 2. The maximum absolute atomic E-state index is 12.9. The lowest BCUT2D eigenvalue weighted by atomic mass is 10.1. The van der Waals surface area contributed by atoms with Gasteiger partial charge in [-0.05, 0) is 43.0 Å². The van der Waals surface area contributed by atoms with E-state index in [1.54, 1.807) is 18.2 Å². The van der Waals surface area contributed by atoms with Gasteiger partial charge in [0.15, 0.2) is 0 Å². The molecule has 0 saturated heterocycles. The highest BCUT2D eigenvalue weighted by Crippen LogP contribution is 2.07. The third-order valence-corrected chi connectivity index (χ3v) is 3.37. The molecule has 0 aliphatic rings. The molecule has 0 atom stereocenters. The maximum atomic E-state index is 12.9. The molecule has 0 saturated carbocycles. The summed E-state index contributed by atoms with van der Waals surface area (Å²) in [6.07, 6.45) is 0.715. The van der Waals surface area contributed by atoms with Crippen molar-refractivity contribution >= 4 is 11.9 Å². The Bertz CT molecular complexity index is 686. The first-order valence-electron chi connectivity index (χ1n) is 8.06. The molecular formula is C18H23FN4O. The van der Waals surface area contributed by atoms with E-state index in [-0.39, 0.29) is 11.7 Å². The van der Waals surface area contributed by atoms with Crippen LogP contribution in [0.15, 0.2) is 30.3 Å². The average molecular weight is 330 g/mol. The number of hydrogen-bond acceptors (Lipinski definition) is 4. The van der Waals surface area contributed by atoms with E-state index in [1.165, 1.54) is 12.1 Å². The third kappa shape index (κ3) is 5.61. The van der Waals surface area contributed by atoms with Crippen LogP contribution in [0, 0.1) is 18.7 Å².